The average molecular weight is 527 g/mol. The second-order valence-electron chi connectivity index (χ2n) is 8.04. The van der Waals surface area contributed by atoms with Gasteiger partial charge in [0.15, 0.2) is 0 Å². The van der Waals surface area contributed by atoms with Gasteiger partial charge < -0.3 is 19.9 Å². The fraction of sp³-hybridized carbons (Fsp3) is 0.269. The maximum absolute atomic E-state index is 15.0. The second-order valence-corrected chi connectivity index (χ2v) is 8.04. The molecule has 0 saturated heterocycles. The van der Waals surface area contributed by atoms with Gasteiger partial charge in [-0.3, -0.25) is 4.79 Å². The minimum Gasteiger partial charge on any atom is -0.486 e. The molecule has 37 heavy (non-hydrogen) atoms. The first-order valence-electron chi connectivity index (χ1n) is 11.1. The van der Waals surface area contributed by atoms with Crippen molar-refractivity contribution in [2.45, 2.75) is 31.2 Å². The van der Waals surface area contributed by atoms with Crippen LogP contribution >= 0.6 is 0 Å². The molecule has 0 aliphatic rings. The van der Waals surface area contributed by atoms with E-state index >= 15 is 0 Å². The van der Waals surface area contributed by atoms with Crippen LogP contribution in [0.15, 0.2) is 72.8 Å². The summed E-state index contributed by atoms with van der Waals surface area (Å²) in [5.41, 5.74) is -0.274. The minimum atomic E-state index is -4.93. The molecule has 0 aromatic heterocycles. The summed E-state index contributed by atoms with van der Waals surface area (Å²) in [5, 5.41) is 11.5. The lowest BCUT2D eigenvalue weighted by Gasteiger charge is -2.21. The number of alkyl halides is 5. The molecule has 0 aliphatic heterocycles. The zero-order valence-corrected chi connectivity index (χ0v) is 19.3. The number of ether oxygens (including phenoxy) is 2. The minimum absolute atomic E-state index is 0.199. The van der Waals surface area contributed by atoms with E-state index in [1.807, 2.05) is 0 Å². The topological polar surface area (TPSA) is 67.8 Å². The van der Waals surface area contributed by atoms with Crippen LogP contribution in [0.1, 0.15) is 35.6 Å². The van der Waals surface area contributed by atoms with Gasteiger partial charge in [0.1, 0.15) is 23.4 Å². The predicted octanol–water partition coefficient (Wildman–Crippen LogP) is 6.44. The Kier molecular flexibility index (Phi) is 9.04. The van der Waals surface area contributed by atoms with E-state index in [1.54, 1.807) is 12.1 Å². The smallest absolute Gasteiger partial charge is 0.486 e. The number of rotatable bonds is 12. The van der Waals surface area contributed by atoms with E-state index in [1.165, 1.54) is 24.3 Å². The van der Waals surface area contributed by atoms with Crippen LogP contribution in [0.2, 0.25) is 0 Å². The number of halogens is 6. The first-order chi connectivity index (χ1) is 17.4. The van der Waals surface area contributed by atoms with E-state index in [2.05, 4.69) is 10.1 Å². The van der Waals surface area contributed by atoms with Gasteiger partial charge in [-0.1, -0.05) is 12.1 Å². The molecule has 0 aliphatic carbocycles. The Bertz CT molecular complexity index is 1150. The molecule has 1 atom stereocenters. The molecule has 0 saturated carbocycles. The number of carboxylic acids is 1. The van der Waals surface area contributed by atoms with Gasteiger partial charge in [-0.05, 0) is 85.6 Å². The van der Waals surface area contributed by atoms with Crippen LogP contribution in [-0.4, -0.2) is 30.5 Å². The van der Waals surface area contributed by atoms with Gasteiger partial charge in [-0.2, -0.15) is 8.78 Å². The Morgan fingerprint density at radius 2 is 1.38 bits per heavy atom. The van der Waals surface area contributed by atoms with Crippen LogP contribution in [0.25, 0.3) is 0 Å². The molecule has 0 radical (unpaired) electrons. The molecule has 198 valence electrons. The summed E-state index contributed by atoms with van der Waals surface area (Å²) in [5.74, 6) is -5.27. The molecule has 0 spiro atoms. The van der Waals surface area contributed by atoms with Gasteiger partial charge in [-0.15, -0.1) is 13.2 Å². The lowest BCUT2D eigenvalue weighted by Crippen LogP contribution is -2.24. The van der Waals surface area contributed by atoms with Crippen molar-refractivity contribution in [3.05, 3.63) is 95.3 Å². The monoisotopic (exact) mass is 527 g/mol. The molecule has 11 heteroatoms. The highest BCUT2D eigenvalue weighted by atomic mass is 19.4. The molecule has 0 fully saturated rings. The van der Waals surface area contributed by atoms with Crippen molar-refractivity contribution in [1.82, 2.24) is 5.32 Å². The van der Waals surface area contributed by atoms with Crippen molar-refractivity contribution in [3.8, 4) is 11.5 Å². The highest BCUT2D eigenvalue weighted by Crippen LogP contribution is 2.38. The maximum Gasteiger partial charge on any atom is 0.573 e. The Morgan fingerprint density at radius 3 is 1.89 bits per heavy atom. The molecular formula is C26H23F6NO4. The summed E-state index contributed by atoms with van der Waals surface area (Å²) in [6.45, 7) is 0.196. The van der Waals surface area contributed by atoms with E-state index in [0.29, 0.717) is 24.9 Å². The van der Waals surface area contributed by atoms with E-state index in [-0.39, 0.29) is 12.3 Å². The number of hydrogen-bond acceptors (Lipinski definition) is 4. The third-order valence-corrected chi connectivity index (χ3v) is 5.28. The zero-order chi connectivity index (χ0) is 27.1. The summed E-state index contributed by atoms with van der Waals surface area (Å²) >= 11 is 0. The number of carbonyl (C=O) groups is 1. The van der Waals surface area contributed by atoms with Crippen LogP contribution in [0.3, 0.4) is 0 Å². The van der Waals surface area contributed by atoms with Crippen molar-refractivity contribution >= 4 is 5.97 Å². The predicted molar refractivity (Wildman–Crippen MR) is 122 cm³/mol. The number of benzene rings is 3. The lowest BCUT2D eigenvalue weighted by atomic mass is 10.00. The van der Waals surface area contributed by atoms with Crippen LogP contribution in [0.4, 0.5) is 26.3 Å². The summed E-state index contributed by atoms with van der Waals surface area (Å²) in [6, 6.07) is 13.9. The molecule has 3 aromatic carbocycles. The van der Waals surface area contributed by atoms with Crippen molar-refractivity contribution in [1.29, 1.82) is 0 Å². The molecule has 2 N–H and O–H groups in total. The van der Waals surface area contributed by atoms with Gasteiger partial charge in [0.2, 0.25) is 0 Å². The second kappa shape index (κ2) is 12.0. The molecule has 3 aromatic rings. The summed E-state index contributed by atoms with van der Waals surface area (Å²) in [4.78, 5) is 10.6. The summed E-state index contributed by atoms with van der Waals surface area (Å²) in [7, 11) is 0. The lowest BCUT2D eigenvalue weighted by molar-refractivity contribution is -0.274. The Labute approximate surface area is 208 Å². The molecule has 0 heterocycles. The van der Waals surface area contributed by atoms with Gasteiger partial charge in [0.05, 0.1) is 6.54 Å². The average Bonchev–Trinajstić information content (AvgIpc) is 2.83. The normalized spacial score (nSPS) is 12.7. The largest absolute Gasteiger partial charge is 0.573 e. The molecule has 0 bridgehead atoms. The van der Waals surface area contributed by atoms with E-state index < -0.39 is 47.1 Å². The fourth-order valence-electron chi connectivity index (χ4n) is 3.52. The number of aliphatic carboxylic acids is 1. The van der Waals surface area contributed by atoms with Crippen molar-refractivity contribution in [3.63, 3.8) is 0 Å². The standard InChI is InChI=1S/C26H23F6NO4/c27-20-9-3-17(4-10-20)23(2-1-15-33-16-24(34)35)36-21-11-5-18(6-12-21)25(28,29)19-7-13-22(14-8-19)37-26(30,31)32/h3-14,23,33H,1-2,15-16H2,(H,34,35). The van der Waals surface area contributed by atoms with Gasteiger partial charge in [0, 0.05) is 11.1 Å². The quantitative estimate of drug-likeness (QED) is 0.210. The van der Waals surface area contributed by atoms with Gasteiger partial charge in [0.25, 0.3) is 5.92 Å². The first kappa shape index (κ1) is 27.9. The van der Waals surface area contributed by atoms with E-state index in [9.17, 15) is 31.1 Å². The molecular weight excluding hydrogens is 504 g/mol. The van der Waals surface area contributed by atoms with Crippen LogP contribution in [0, 0.1) is 5.82 Å². The molecule has 3 rings (SSSR count). The summed E-state index contributed by atoms with van der Waals surface area (Å²) < 4.78 is 89.9. The maximum atomic E-state index is 15.0. The third-order valence-electron chi connectivity index (χ3n) is 5.28. The van der Waals surface area contributed by atoms with Gasteiger partial charge >= 0.3 is 12.3 Å². The Balaban J connectivity index is 1.70. The summed E-state index contributed by atoms with van der Waals surface area (Å²) in [6.07, 6.45) is -4.53. The van der Waals surface area contributed by atoms with Gasteiger partial charge in [-0.25, -0.2) is 4.39 Å². The van der Waals surface area contributed by atoms with Crippen molar-refractivity contribution < 1.29 is 45.7 Å². The molecule has 5 nitrogen and oxygen atoms in total. The highest BCUT2D eigenvalue weighted by molar-refractivity contribution is 5.68. The Morgan fingerprint density at radius 1 is 0.838 bits per heavy atom. The zero-order valence-electron chi connectivity index (χ0n) is 19.3. The first-order valence-corrected chi connectivity index (χ1v) is 11.1. The SMILES string of the molecule is O=C(O)CNCCCC(Oc1ccc(C(F)(F)c2ccc(OC(F)(F)F)cc2)cc1)c1ccc(F)cc1. The van der Waals surface area contributed by atoms with Crippen LogP contribution in [-0.2, 0) is 10.7 Å². The number of hydrogen-bond donors (Lipinski definition) is 2. The van der Waals surface area contributed by atoms with E-state index in [0.717, 1.165) is 36.4 Å². The number of nitrogens with one attached hydrogen (secondary N) is 1. The third kappa shape index (κ3) is 8.42. The Hall–Kier alpha value is -3.73. The van der Waals surface area contributed by atoms with Crippen molar-refractivity contribution in [2.75, 3.05) is 13.1 Å². The fourth-order valence-corrected chi connectivity index (χ4v) is 3.52. The molecule has 0 amide bonds. The number of carboxylic acid groups (broad SMARTS) is 1. The highest BCUT2D eigenvalue weighted by Gasteiger charge is 2.35. The van der Waals surface area contributed by atoms with Crippen molar-refractivity contribution in [2.24, 2.45) is 0 Å². The van der Waals surface area contributed by atoms with Crippen LogP contribution in [0.5, 0.6) is 11.5 Å². The molecule has 1 unspecified atom stereocenters. The van der Waals surface area contributed by atoms with Crippen LogP contribution < -0.4 is 14.8 Å². The van der Waals surface area contributed by atoms with E-state index in [4.69, 9.17) is 9.84 Å².